The molecule has 1 aliphatic rings. The van der Waals surface area contributed by atoms with E-state index in [0.29, 0.717) is 23.5 Å². The number of benzene rings is 1. The summed E-state index contributed by atoms with van der Waals surface area (Å²) in [6.07, 6.45) is 1.44. The summed E-state index contributed by atoms with van der Waals surface area (Å²) >= 11 is 0. The molecule has 0 radical (unpaired) electrons. The Kier molecular flexibility index (Phi) is 5.57. The maximum atomic E-state index is 12.1. The van der Waals surface area contributed by atoms with Crippen LogP contribution in [0.2, 0.25) is 0 Å². The zero-order valence-corrected chi connectivity index (χ0v) is 12.9. The van der Waals surface area contributed by atoms with Crippen molar-refractivity contribution in [2.75, 3.05) is 17.2 Å². The molecule has 0 saturated heterocycles. The summed E-state index contributed by atoms with van der Waals surface area (Å²) in [5.74, 6) is 0.113. The molecule has 2 amide bonds. The zero-order valence-electron chi connectivity index (χ0n) is 12.1. The van der Waals surface area contributed by atoms with Gasteiger partial charge in [-0.2, -0.15) is 0 Å². The molecule has 6 nitrogen and oxygen atoms in total. The Balaban J connectivity index is 0.00000220. The van der Waals surface area contributed by atoms with E-state index in [1.165, 1.54) is 0 Å². The minimum Gasteiger partial charge on any atom is -0.482 e. The number of fused-ring (bicyclic) bond motifs is 1. The van der Waals surface area contributed by atoms with E-state index in [9.17, 15) is 9.59 Å². The molecule has 1 aromatic carbocycles. The fourth-order valence-corrected chi connectivity index (χ4v) is 2.06. The average Bonchev–Trinajstić information content (AvgIpc) is 2.39. The van der Waals surface area contributed by atoms with Crippen molar-refractivity contribution in [2.24, 2.45) is 5.73 Å². The third-order valence-electron chi connectivity index (χ3n) is 3.16. The van der Waals surface area contributed by atoms with Crippen LogP contribution in [0.3, 0.4) is 0 Å². The first kappa shape index (κ1) is 17.3. The van der Waals surface area contributed by atoms with E-state index >= 15 is 0 Å². The van der Waals surface area contributed by atoms with Gasteiger partial charge in [0.2, 0.25) is 5.91 Å². The molecule has 4 N–H and O–H groups in total. The second-order valence-corrected chi connectivity index (χ2v) is 5.17. The molecule has 2 rings (SSSR count). The van der Waals surface area contributed by atoms with E-state index in [4.69, 9.17) is 10.5 Å². The molecule has 0 aliphatic carbocycles. The van der Waals surface area contributed by atoms with E-state index in [-0.39, 0.29) is 30.8 Å². The Morgan fingerprint density at radius 1 is 1.52 bits per heavy atom. The molecule has 0 spiro atoms. The van der Waals surface area contributed by atoms with Crippen LogP contribution in [0, 0.1) is 0 Å². The number of hydrogen-bond acceptors (Lipinski definition) is 4. The van der Waals surface area contributed by atoms with Crippen molar-refractivity contribution in [3.63, 3.8) is 0 Å². The highest BCUT2D eigenvalue weighted by Crippen LogP contribution is 2.30. The molecule has 21 heavy (non-hydrogen) atoms. The highest BCUT2D eigenvalue weighted by atomic mass is 35.5. The first-order valence-corrected chi connectivity index (χ1v) is 6.59. The number of anilines is 2. The van der Waals surface area contributed by atoms with Crippen LogP contribution in [-0.4, -0.2) is 24.0 Å². The van der Waals surface area contributed by atoms with Gasteiger partial charge < -0.3 is 21.1 Å². The molecule has 1 aromatic rings. The molecular formula is C14H20ClN3O3. The van der Waals surface area contributed by atoms with Gasteiger partial charge in [0, 0.05) is 11.8 Å². The summed E-state index contributed by atoms with van der Waals surface area (Å²) < 4.78 is 5.30. The molecule has 7 heteroatoms. The second kappa shape index (κ2) is 6.78. The predicted molar refractivity (Wildman–Crippen MR) is 83.9 cm³/mol. The van der Waals surface area contributed by atoms with Crippen molar-refractivity contribution < 1.29 is 14.3 Å². The first-order chi connectivity index (χ1) is 9.42. The number of halogens is 1. The number of nitrogens with one attached hydrogen (secondary N) is 2. The fourth-order valence-electron chi connectivity index (χ4n) is 2.06. The molecule has 0 bridgehead atoms. The number of carbonyl (C=O) groups is 2. The van der Waals surface area contributed by atoms with Crippen LogP contribution < -0.4 is 21.1 Å². The Morgan fingerprint density at radius 3 is 2.90 bits per heavy atom. The van der Waals surface area contributed by atoms with Gasteiger partial charge in [-0.3, -0.25) is 9.59 Å². The van der Waals surface area contributed by atoms with Crippen LogP contribution in [0.4, 0.5) is 11.4 Å². The topological polar surface area (TPSA) is 93.5 Å². The van der Waals surface area contributed by atoms with Crippen LogP contribution in [0.5, 0.6) is 5.75 Å². The lowest BCUT2D eigenvalue weighted by atomic mass is 9.96. The standard InChI is InChI=1S/C14H19N3O3.ClH/c1-3-6-14(2,15)13(19)16-9-4-5-10-11(7-9)20-8-12(18)17-10;/h4-5,7H,3,6,8,15H2,1-2H3,(H,16,19)(H,17,18);1H. The van der Waals surface area contributed by atoms with Gasteiger partial charge in [0.1, 0.15) is 5.75 Å². The normalized spacial score (nSPS) is 15.7. The number of amides is 2. The zero-order chi connectivity index (χ0) is 14.8. The lowest BCUT2D eigenvalue weighted by Gasteiger charge is -2.24. The molecule has 1 heterocycles. The van der Waals surface area contributed by atoms with E-state index in [0.717, 1.165) is 6.42 Å². The highest BCUT2D eigenvalue weighted by Gasteiger charge is 2.27. The molecule has 1 aliphatic heterocycles. The maximum absolute atomic E-state index is 12.1. The van der Waals surface area contributed by atoms with E-state index in [1.54, 1.807) is 25.1 Å². The predicted octanol–water partition coefficient (Wildman–Crippen LogP) is 1.90. The van der Waals surface area contributed by atoms with Gasteiger partial charge in [-0.1, -0.05) is 13.3 Å². The van der Waals surface area contributed by atoms with Crippen LogP contribution in [0.1, 0.15) is 26.7 Å². The smallest absolute Gasteiger partial charge is 0.262 e. The summed E-state index contributed by atoms with van der Waals surface area (Å²) in [5.41, 5.74) is 6.27. The Bertz CT molecular complexity index is 546. The van der Waals surface area contributed by atoms with E-state index in [1.807, 2.05) is 6.92 Å². The first-order valence-electron chi connectivity index (χ1n) is 6.59. The van der Waals surface area contributed by atoms with Gasteiger partial charge in [-0.25, -0.2) is 0 Å². The Labute approximate surface area is 129 Å². The van der Waals surface area contributed by atoms with Crippen molar-refractivity contribution in [1.82, 2.24) is 0 Å². The van der Waals surface area contributed by atoms with Crippen molar-refractivity contribution in [1.29, 1.82) is 0 Å². The van der Waals surface area contributed by atoms with Gasteiger partial charge in [0.15, 0.2) is 6.61 Å². The number of ether oxygens (including phenoxy) is 1. The van der Waals surface area contributed by atoms with Crippen molar-refractivity contribution in [2.45, 2.75) is 32.2 Å². The molecule has 116 valence electrons. The Hall–Kier alpha value is -1.79. The molecule has 0 aromatic heterocycles. The van der Waals surface area contributed by atoms with E-state index in [2.05, 4.69) is 10.6 Å². The summed E-state index contributed by atoms with van der Waals surface area (Å²) in [4.78, 5) is 23.3. The van der Waals surface area contributed by atoms with Crippen LogP contribution in [0.25, 0.3) is 0 Å². The van der Waals surface area contributed by atoms with Gasteiger partial charge in [-0.15, -0.1) is 12.4 Å². The van der Waals surface area contributed by atoms with Crippen molar-refractivity contribution in [3.05, 3.63) is 18.2 Å². The maximum Gasteiger partial charge on any atom is 0.262 e. The monoisotopic (exact) mass is 313 g/mol. The largest absolute Gasteiger partial charge is 0.482 e. The molecule has 0 saturated carbocycles. The fraction of sp³-hybridized carbons (Fsp3) is 0.429. The quantitative estimate of drug-likeness (QED) is 0.791. The Morgan fingerprint density at radius 2 is 2.24 bits per heavy atom. The third-order valence-corrected chi connectivity index (χ3v) is 3.16. The number of hydrogen-bond donors (Lipinski definition) is 3. The minimum absolute atomic E-state index is 0. The SMILES string of the molecule is CCCC(C)(N)C(=O)Nc1ccc2c(c1)OCC(=O)N2.Cl. The number of nitrogens with two attached hydrogens (primary N) is 1. The van der Waals surface area contributed by atoms with E-state index < -0.39 is 5.54 Å². The van der Waals surface area contributed by atoms with Crippen LogP contribution in [-0.2, 0) is 9.59 Å². The van der Waals surface area contributed by atoms with Crippen molar-refractivity contribution >= 4 is 35.6 Å². The van der Waals surface area contributed by atoms with Gasteiger partial charge in [0.25, 0.3) is 5.91 Å². The van der Waals surface area contributed by atoms with Crippen molar-refractivity contribution in [3.8, 4) is 5.75 Å². The molecule has 0 fully saturated rings. The summed E-state index contributed by atoms with van der Waals surface area (Å²) in [5, 5.41) is 5.46. The van der Waals surface area contributed by atoms with Gasteiger partial charge >= 0.3 is 0 Å². The van der Waals surface area contributed by atoms with Gasteiger partial charge in [0.05, 0.1) is 11.2 Å². The number of rotatable bonds is 4. The number of carbonyl (C=O) groups excluding carboxylic acids is 2. The van der Waals surface area contributed by atoms with Gasteiger partial charge in [-0.05, 0) is 25.5 Å². The minimum atomic E-state index is -0.903. The average molecular weight is 314 g/mol. The highest BCUT2D eigenvalue weighted by molar-refractivity contribution is 5.99. The van der Waals surface area contributed by atoms with Crippen LogP contribution >= 0.6 is 12.4 Å². The summed E-state index contributed by atoms with van der Waals surface area (Å²) in [7, 11) is 0. The summed E-state index contributed by atoms with van der Waals surface area (Å²) in [6.45, 7) is 3.67. The molecule has 1 unspecified atom stereocenters. The van der Waals surface area contributed by atoms with Crippen LogP contribution in [0.15, 0.2) is 18.2 Å². The lowest BCUT2D eigenvalue weighted by Crippen LogP contribution is -2.48. The second-order valence-electron chi connectivity index (χ2n) is 5.17. The summed E-state index contributed by atoms with van der Waals surface area (Å²) in [6, 6.07) is 5.07. The molecular weight excluding hydrogens is 294 g/mol. The molecule has 1 atom stereocenters. The lowest BCUT2D eigenvalue weighted by molar-refractivity contribution is -0.121. The third kappa shape index (κ3) is 4.09.